The number of sulfonamides is 1. The minimum Gasteiger partial charge on any atom is -0.459 e. The monoisotopic (exact) mass is 592 g/mol. The minimum atomic E-state index is -3.90. The number of carbonyl (C=O) groups excluding carboxylic acids is 2. The van der Waals surface area contributed by atoms with E-state index in [0.717, 1.165) is 16.7 Å². The van der Waals surface area contributed by atoms with Crippen LogP contribution in [-0.4, -0.2) is 30.8 Å². The van der Waals surface area contributed by atoms with Crippen molar-refractivity contribution in [3.63, 3.8) is 0 Å². The van der Waals surface area contributed by atoms with Gasteiger partial charge in [0, 0.05) is 11.6 Å². The lowest BCUT2D eigenvalue weighted by molar-refractivity contribution is -0.139. The van der Waals surface area contributed by atoms with E-state index in [4.69, 9.17) is 16.0 Å². The lowest BCUT2D eigenvalue weighted by atomic mass is 10.1. The molecule has 1 aromatic heterocycles. The van der Waals surface area contributed by atoms with E-state index in [2.05, 4.69) is 15.8 Å². The number of hydrogen-bond acceptors (Lipinski definition) is 6. The van der Waals surface area contributed by atoms with Crippen molar-refractivity contribution in [2.75, 3.05) is 0 Å². The van der Waals surface area contributed by atoms with E-state index in [1.54, 1.807) is 19.1 Å². The van der Waals surface area contributed by atoms with Gasteiger partial charge in [0.2, 0.25) is 10.0 Å². The number of furan rings is 1. The van der Waals surface area contributed by atoms with Gasteiger partial charge >= 0.3 is 11.8 Å². The molecule has 0 radical (unpaired) electrons. The molecule has 0 aliphatic rings. The van der Waals surface area contributed by atoms with Crippen LogP contribution in [0.4, 0.5) is 0 Å². The molecular formula is C30H29ClN4O5S. The summed E-state index contributed by atoms with van der Waals surface area (Å²) in [4.78, 5) is 24.5. The molecule has 0 spiro atoms. The van der Waals surface area contributed by atoms with Crippen LogP contribution < -0.4 is 10.7 Å². The molecule has 2 amide bonds. The average Bonchev–Trinajstić information content (AvgIpc) is 3.41. The zero-order valence-electron chi connectivity index (χ0n) is 22.5. The number of nitrogens with zero attached hydrogens (tertiary/aromatic N) is 2. The number of hydrogen-bond donors (Lipinski definition) is 2. The van der Waals surface area contributed by atoms with Crippen LogP contribution in [0.25, 0.3) is 0 Å². The number of carbonyl (C=O) groups is 2. The number of benzene rings is 3. The second kappa shape index (κ2) is 13.4. The largest absolute Gasteiger partial charge is 0.459 e. The summed E-state index contributed by atoms with van der Waals surface area (Å²) in [5, 5.41) is 6.83. The standard InChI is InChI=1S/C30H29ClN4O5S/c1-21-8-10-23(11-9-21)19-35(41(38,39)28-16-12-25(31)13-17-28)20-27-15-14-26(40-27)18-32-34-30(37)29(36)33-22(2)24-6-4-3-5-7-24/h3-18,22H,19-20H2,1-2H3,(H,33,36)(H,34,37)/b32-18+/t22-/m0/s1. The lowest BCUT2D eigenvalue weighted by Gasteiger charge is -2.21. The molecular weight excluding hydrogens is 564 g/mol. The summed E-state index contributed by atoms with van der Waals surface area (Å²) in [6.45, 7) is 3.78. The highest BCUT2D eigenvalue weighted by molar-refractivity contribution is 7.89. The molecule has 0 unspecified atom stereocenters. The Labute approximate surface area is 243 Å². The van der Waals surface area contributed by atoms with Crippen molar-refractivity contribution in [1.82, 2.24) is 15.0 Å². The zero-order valence-corrected chi connectivity index (χ0v) is 24.0. The molecule has 0 aliphatic carbocycles. The molecule has 212 valence electrons. The van der Waals surface area contributed by atoms with E-state index >= 15 is 0 Å². The maximum Gasteiger partial charge on any atom is 0.329 e. The first-order valence-corrected chi connectivity index (χ1v) is 14.5. The predicted octanol–water partition coefficient (Wildman–Crippen LogP) is 4.96. The average molecular weight is 593 g/mol. The Bertz CT molecular complexity index is 1620. The fourth-order valence-electron chi connectivity index (χ4n) is 3.89. The van der Waals surface area contributed by atoms with Gasteiger partial charge in [0.15, 0.2) is 0 Å². The van der Waals surface area contributed by atoms with Crippen LogP contribution in [0.3, 0.4) is 0 Å². The van der Waals surface area contributed by atoms with E-state index in [9.17, 15) is 18.0 Å². The van der Waals surface area contributed by atoms with Crippen LogP contribution in [0, 0.1) is 6.92 Å². The van der Waals surface area contributed by atoms with Gasteiger partial charge in [-0.25, -0.2) is 13.8 Å². The van der Waals surface area contributed by atoms with Crippen molar-refractivity contribution >= 4 is 39.7 Å². The third kappa shape index (κ3) is 8.14. The Morgan fingerprint density at radius 3 is 2.29 bits per heavy atom. The van der Waals surface area contributed by atoms with Gasteiger partial charge in [-0.1, -0.05) is 71.8 Å². The first kappa shape index (κ1) is 29.7. The highest BCUT2D eigenvalue weighted by Crippen LogP contribution is 2.23. The summed E-state index contributed by atoms with van der Waals surface area (Å²) in [7, 11) is -3.90. The van der Waals surface area contributed by atoms with E-state index in [1.807, 2.05) is 61.5 Å². The van der Waals surface area contributed by atoms with Gasteiger partial charge in [-0.15, -0.1) is 0 Å². The maximum absolute atomic E-state index is 13.5. The first-order chi connectivity index (χ1) is 19.6. The van der Waals surface area contributed by atoms with Crippen LogP contribution in [-0.2, 0) is 32.7 Å². The smallest absolute Gasteiger partial charge is 0.329 e. The van der Waals surface area contributed by atoms with Gasteiger partial charge in [0.1, 0.15) is 11.5 Å². The van der Waals surface area contributed by atoms with Crippen LogP contribution >= 0.6 is 11.6 Å². The molecule has 1 atom stereocenters. The van der Waals surface area contributed by atoms with Crippen molar-refractivity contribution in [2.24, 2.45) is 5.10 Å². The molecule has 9 nitrogen and oxygen atoms in total. The van der Waals surface area contributed by atoms with Crippen LogP contribution in [0.5, 0.6) is 0 Å². The summed E-state index contributed by atoms with van der Waals surface area (Å²) < 4.78 is 34.1. The lowest BCUT2D eigenvalue weighted by Crippen LogP contribution is -2.39. The molecule has 41 heavy (non-hydrogen) atoms. The molecule has 0 fully saturated rings. The first-order valence-electron chi connectivity index (χ1n) is 12.7. The molecule has 0 bridgehead atoms. The van der Waals surface area contributed by atoms with Crippen LogP contribution in [0.1, 0.15) is 41.2 Å². The predicted molar refractivity (Wildman–Crippen MR) is 157 cm³/mol. The summed E-state index contributed by atoms with van der Waals surface area (Å²) >= 11 is 5.96. The molecule has 0 saturated heterocycles. The molecule has 0 aliphatic heterocycles. The van der Waals surface area contributed by atoms with Crippen molar-refractivity contribution < 1.29 is 22.4 Å². The summed E-state index contributed by atoms with van der Waals surface area (Å²) in [5.74, 6) is -1.15. The summed E-state index contributed by atoms with van der Waals surface area (Å²) in [6.07, 6.45) is 1.23. The molecule has 4 aromatic rings. The van der Waals surface area contributed by atoms with Gasteiger partial charge in [-0.2, -0.15) is 9.41 Å². The fourth-order valence-corrected chi connectivity index (χ4v) is 5.41. The summed E-state index contributed by atoms with van der Waals surface area (Å²) in [6, 6.07) is 25.6. The molecule has 0 saturated carbocycles. The van der Waals surface area contributed by atoms with Crippen molar-refractivity contribution in [2.45, 2.75) is 37.9 Å². The number of nitrogens with one attached hydrogen (secondary N) is 2. The van der Waals surface area contributed by atoms with Gasteiger partial charge in [-0.3, -0.25) is 9.59 Å². The number of halogens is 1. The Balaban J connectivity index is 1.42. The number of rotatable bonds is 10. The minimum absolute atomic E-state index is 0.0567. The van der Waals surface area contributed by atoms with Crippen molar-refractivity contribution in [3.8, 4) is 0 Å². The van der Waals surface area contributed by atoms with E-state index < -0.39 is 21.8 Å². The Morgan fingerprint density at radius 1 is 0.927 bits per heavy atom. The Kier molecular flexibility index (Phi) is 9.72. The van der Waals surface area contributed by atoms with Crippen LogP contribution in [0.2, 0.25) is 5.02 Å². The van der Waals surface area contributed by atoms with Crippen molar-refractivity contribution in [3.05, 3.63) is 124 Å². The van der Waals surface area contributed by atoms with Gasteiger partial charge in [-0.05, 0) is 61.4 Å². The normalized spacial score (nSPS) is 12.4. The van der Waals surface area contributed by atoms with E-state index in [0.29, 0.717) is 10.8 Å². The van der Waals surface area contributed by atoms with Gasteiger partial charge < -0.3 is 9.73 Å². The maximum atomic E-state index is 13.5. The Morgan fingerprint density at radius 2 is 1.61 bits per heavy atom. The van der Waals surface area contributed by atoms with Gasteiger partial charge in [0.25, 0.3) is 0 Å². The van der Waals surface area contributed by atoms with Crippen molar-refractivity contribution in [1.29, 1.82) is 0 Å². The van der Waals surface area contributed by atoms with Crippen LogP contribution in [0.15, 0.2) is 105 Å². The van der Waals surface area contributed by atoms with E-state index in [-0.39, 0.29) is 29.8 Å². The summed E-state index contributed by atoms with van der Waals surface area (Å²) in [5.41, 5.74) is 4.89. The molecule has 11 heteroatoms. The SMILES string of the molecule is Cc1ccc(CN(Cc2ccc(/C=N/NC(=O)C(=O)N[C@@H](C)c3ccccc3)o2)S(=O)(=O)c2ccc(Cl)cc2)cc1. The number of amides is 2. The number of aryl methyl sites for hydroxylation is 1. The second-order valence-electron chi connectivity index (χ2n) is 9.32. The third-order valence-corrected chi connectivity index (χ3v) is 8.21. The second-order valence-corrected chi connectivity index (χ2v) is 11.7. The molecule has 1 heterocycles. The number of hydrazone groups is 1. The molecule has 2 N–H and O–H groups in total. The zero-order chi connectivity index (χ0) is 29.4. The Hall–Kier alpha value is -4.25. The molecule has 3 aromatic carbocycles. The highest BCUT2D eigenvalue weighted by atomic mass is 35.5. The third-order valence-electron chi connectivity index (χ3n) is 6.16. The molecule has 4 rings (SSSR count). The quantitative estimate of drug-likeness (QED) is 0.153. The highest BCUT2D eigenvalue weighted by Gasteiger charge is 2.26. The topological polar surface area (TPSA) is 121 Å². The van der Waals surface area contributed by atoms with E-state index in [1.165, 1.54) is 34.8 Å². The van der Waals surface area contributed by atoms with Gasteiger partial charge in [0.05, 0.1) is 23.7 Å². The fraction of sp³-hybridized carbons (Fsp3) is 0.167.